The molecule has 0 saturated carbocycles. The Morgan fingerprint density at radius 3 is 2.75 bits per heavy atom. The van der Waals surface area contributed by atoms with Crippen LogP contribution in [0.1, 0.15) is 0 Å². The topological polar surface area (TPSA) is 48.7 Å². The van der Waals surface area contributed by atoms with Gasteiger partial charge in [0.2, 0.25) is 0 Å². The molecule has 2 heterocycles. The first-order chi connectivity index (χ1) is 9.85. The molecule has 0 amide bonds. The van der Waals surface area contributed by atoms with Gasteiger partial charge in [-0.1, -0.05) is 24.3 Å². The molecule has 0 N–H and O–H groups in total. The average Bonchev–Trinajstić information content (AvgIpc) is 2.53. The van der Waals surface area contributed by atoms with Crippen molar-refractivity contribution in [3.63, 3.8) is 0 Å². The molecular formula is C15H17N3O2. The quantitative estimate of drug-likeness (QED) is 0.735. The second-order valence-corrected chi connectivity index (χ2v) is 4.78. The summed E-state index contributed by atoms with van der Waals surface area (Å²) in [6, 6.07) is 10.2. The number of hydrogen-bond acceptors (Lipinski definition) is 5. The number of nitriles is 1. The highest BCUT2D eigenvalue weighted by molar-refractivity contribution is 5.62. The lowest BCUT2D eigenvalue weighted by atomic mass is 10.1. The normalized spacial score (nSPS) is 22.9. The van der Waals surface area contributed by atoms with E-state index in [4.69, 9.17) is 9.57 Å². The van der Waals surface area contributed by atoms with Crippen molar-refractivity contribution in [2.24, 2.45) is 0 Å². The molecule has 1 aromatic carbocycles. The lowest BCUT2D eigenvalue weighted by Crippen LogP contribution is -2.55. The lowest BCUT2D eigenvalue weighted by Gasteiger charge is -2.40. The first-order valence-corrected chi connectivity index (χ1v) is 6.71. The van der Waals surface area contributed by atoms with Crippen LogP contribution in [0.2, 0.25) is 0 Å². The van der Waals surface area contributed by atoms with Crippen LogP contribution in [0.15, 0.2) is 24.3 Å². The second kappa shape index (κ2) is 5.63. The molecule has 0 aliphatic carbocycles. The van der Waals surface area contributed by atoms with E-state index in [0.29, 0.717) is 18.9 Å². The van der Waals surface area contributed by atoms with Gasteiger partial charge in [0, 0.05) is 18.3 Å². The molecule has 1 unspecified atom stereocenters. The van der Waals surface area contributed by atoms with Crippen molar-refractivity contribution in [1.82, 2.24) is 9.96 Å². The molecule has 20 heavy (non-hydrogen) atoms. The van der Waals surface area contributed by atoms with Gasteiger partial charge in [0.15, 0.2) is 5.70 Å². The maximum absolute atomic E-state index is 9.49. The number of benzene rings is 1. The molecule has 1 saturated heterocycles. The first-order valence-electron chi connectivity index (χ1n) is 6.71. The van der Waals surface area contributed by atoms with E-state index in [2.05, 4.69) is 17.0 Å². The first kappa shape index (κ1) is 13.1. The Balaban J connectivity index is 2.10. The number of rotatable bonds is 2. The zero-order chi connectivity index (χ0) is 13.9. The largest absolute Gasteiger partial charge is 0.379 e. The van der Waals surface area contributed by atoms with E-state index in [0.717, 1.165) is 23.5 Å². The van der Waals surface area contributed by atoms with E-state index in [1.54, 1.807) is 12.2 Å². The third kappa shape index (κ3) is 2.18. The Morgan fingerprint density at radius 1 is 1.30 bits per heavy atom. The van der Waals surface area contributed by atoms with Crippen molar-refractivity contribution in [3.8, 4) is 6.07 Å². The monoisotopic (exact) mass is 271 g/mol. The van der Waals surface area contributed by atoms with E-state index in [1.165, 1.54) is 0 Å². The average molecular weight is 271 g/mol. The number of hydroxylamine groups is 2. The number of fused-ring (bicyclic) bond motifs is 1. The minimum absolute atomic E-state index is 0.0616. The van der Waals surface area contributed by atoms with E-state index in [9.17, 15) is 5.26 Å². The summed E-state index contributed by atoms with van der Waals surface area (Å²) in [4.78, 5) is 7.74. The summed E-state index contributed by atoms with van der Waals surface area (Å²) >= 11 is 0. The molecule has 1 aromatic rings. The number of nitrogens with zero attached hydrogens (tertiary/aromatic N) is 3. The molecule has 0 aromatic heterocycles. The fourth-order valence-corrected chi connectivity index (χ4v) is 2.74. The summed E-state index contributed by atoms with van der Waals surface area (Å²) in [7, 11) is 1.60. The van der Waals surface area contributed by atoms with Crippen LogP contribution in [-0.4, -0.2) is 49.5 Å². The van der Waals surface area contributed by atoms with Crippen LogP contribution in [-0.2, 0) is 9.57 Å². The van der Waals surface area contributed by atoms with Gasteiger partial charge in [-0.3, -0.25) is 9.74 Å². The molecule has 104 valence electrons. The van der Waals surface area contributed by atoms with Gasteiger partial charge in [0.05, 0.1) is 20.3 Å². The fraction of sp³-hybridized carbons (Fsp3) is 0.400. The van der Waals surface area contributed by atoms with E-state index in [1.807, 2.05) is 24.3 Å². The number of ether oxygens (including phenoxy) is 1. The standard InChI is InChI=1S/C15H17N3O2/c1-19-18-14(11-16)13-5-3-2-4-12(13)10-15(18)17-6-8-20-9-7-17/h2-5,10,15H,6-9H2,1H3. The minimum Gasteiger partial charge on any atom is -0.379 e. The molecule has 0 spiro atoms. The van der Waals surface area contributed by atoms with Gasteiger partial charge in [-0.2, -0.15) is 5.26 Å². The van der Waals surface area contributed by atoms with Crippen molar-refractivity contribution in [1.29, 1.82) is 5.26 Å². The maximum Gasteiger partial charge on any atom is 0.151 e. The second-order valence-electron chi connectivity index (χ2n) is 4.78. The van der Waals surface area contributed by atoms with Crippen LogP contribution in [0.4, 0.5) is 0 Å². The van der Waals surface area contributed by atoms with Gasteiger partial charge in [0.25, 0.3) is 0 Å². The molecule has 1 atom stereocenters. The summed E-state index contributed by atoms with van der Waals surface area (Å²) in [5, 5.41) is 13.2. The highest BCUT2D eigenvalue weighted by atomic mass is 16.7. The van der Waals surface area contributed by atoms with Crippen LogP contribution in [0.3, 0.4) is 0 Å². The predicted molar refractivity (Wildman–Crippen MR) is 74.2 cm³/mol. The lowest BCUT2D eigenvalue weighted by molar-refractivity contribution is -0.142. The molecule has 5 heteroatoms. The fourth-order valence-electron chi connectivity index (χ4n) is 2.74. The molecular weight excluding hydrogens is 254 g/mol. The Labute approximate surface area is 117 Å². The van der Waals surface area contributed by atoms with Gasteiger partial charge in [-0.15, -0.1) is 0 Å². The summed E-state index contributed by atoms with van der Waals surface area (Å²) in [6.07, 6.45) is 2.08. The highest BCUT2D eigenvalue weighted by Crippen LogP contribution is 2.17. The summed E-state index contributed by atoms with van der Waals surface area (Å²) in [5.41, 5.74) is 0.557. The molecule has 1 fully saturated rings. The SMILES string of the molecule is CON1C(C#N)=c2ccccc2=CC1N1CCOCC1. The van der Waals surface area contributed by atoms with Crippen LogP contribution in [0.5, 0.6) is 0 Å². The Kier molecular flexibility index (Phi) is 3.70. The van der Waals surface area contributed by atoms with Gasteiger partial charge in [0.1, 0.15) is 12.2 Å². The summed E-state index contributed by atoms with van der Waals surface area (Å²) < 4.78 is 5.40. The van der Waals surface area contributed by atoms with Crippen molar-refractivity contribution >= 4 is 11.8 Å². The van der Waals surface area contributed by atoms with E-state index >= 15 is 0 Å². The molecule has 5 nitrogen and oxygen atoms in total. The number of hydrogen-bond donors (Lipinski definition) is 0. The molecule has 0 radical (unpaired) electrons. The Hall–Kier alpha value is -1.87. The summed E-state index contributed by atoms with van der Waals surface area (Å²) in [6.45, 7) is 3.10. The highest BCUT2D eigenvalue weighted by Gasteiger charge is 2.29. The molecule has 3 rings (SSSR count). The zero-order valence-corrected chi connectivity index (χ0v) is 11.5. The smallest absolute Gasteiger partial charge is 0.151 e. The van der Waals surface area contributed by atoms with Crippen molar-refractivity contribution in [2.75, 3.05) is 33.4 Å². The van der Waals surface area contributed by atoms with E-state index in [-0.39, 0.29) is 6.17 Å². The molecule has 2 aliphatic heterocycles. The number of morpholine rings is 1. The van der Waals surface area contributed by atoms with E-state index < -0.39 is 0 Å². The zero-order valence-electron chi connectivity index (χ0n) is 11.5. The van der Waals surface area contributed by atoms with Crippen LogP contribution in [0, 0.1) is 11.3 Å². The van der Waals surface area contributed by atoms with Gasteiger partial charge < -0.3 is 4.74 Å². The predicted octanol–water partition coefficient (Wildman–Crippen LogP) is -0.366. The van der Waals surface area contributed by atoms with Crippen LogP contribution >= 0.6 is 0 Å². The van der Waals surface area contributed by atoms with Crippen molar-refractivity contribution in [3.05, 3.63) is 34.7 Å². The third-order valence-electron chi connectivity index (χ3n) is 3.73. The van der Waals surface area contributed by atoms with Crippen molar-refractivity contribution < 1.29 is 9.57 Å². The third-order valence-corrected chi connectivity index (χ3v) is 3.73. The Bertz CT molecular complexity index is 644. The van der Waals surface area contributed by atoms with Crippen LogP contribution < -0.4 is 10.4 Å². The summed E-state index contributed by atoms with van der Waals surface area (Å²) in [5.74, 6) is 0. The van der Waals surface area contributed by atoms with Gasteiger partial charge >= 0.3 is 0 Å². The Morgan fingerprint density at radius 2 is 2.05 bits per heavy atom. The van der Waals surface area contributed by atoms with Crippen LogP contribution in [0.25, 0.3) is 11.8 Å². The molecule has 2 aliphatic rings. The van der Waals surface area contributed by atoms with Gasteiger partial charge in [-0.05, 0) is 11.3 Å². The van der Waals surface area contributed by atoms with Gasteiger partial charge in [-0.25, -0.2) is 5.06 Å². The maximum atomic E-state index is 9.49. The minimum atomic E-state index is -0.0616. The molecule has 0 bridgehead atoms. The van der Waals surface area contributed by atoms with Crippen molar-refractivity contribution in [2.45, 2.75) is 6.17 Å².